The summed E-state index contributed by atoms with van der Waals surface area (Å²) in [7, 11) is 0. The van der Waals surface area contributed by atoms with E-state index in [-0.39, 0.29) is 24.5 Å². The number of hydrogen-bond donors (Lipinski definition) is 8. The standard InChI is InChI=1S/C30H39N5O7/c1-16(2)12-22(31)27(38)33-24(14-19-15-32-23-7-5-4-6-21(19)23)28(39)35-26(17(3)36)29(40)34-25(30(41)42)13-18-8-10-20(37)11-9-18/h4-11,15-17,22,24-26,32,36-37H,12-14,31H2,1-3H3,(H,33,38)(H,34,40)(H,35,39)(H,41,42). The van der Waals surface area contributed by atoms with Gasteiger partial charge in [-0.3, -0.25) is 14.4 Å². The average Bonchev–Trinajstić information content (AvgIpc) is 3.33. The summed E-state index contributed by atoms with van der Waals surface area (Å²) in [5, 5.41) is 37.9. The largest absolute Gasteiger partial charge is 0.508 e. The molecule has 3 rings (SSSR count). The molecule has 0 bridgehead atoms. The molecule has 0 aliphatic rings. The quantitative estimate of drug-likeness (QED) is 0.137. The zero-order chi connectivity index (χ0) is 31.0. The molecule has 12 heteroatoms. The second kappa shape index (κ2) is 14.5. The van der Waals surface area contributed by atoms with E-state index < -0.39 is 54.0 Å². The molecule has 9 N–H and O–H groups in total. The zero-order valence-corrected chi connectivity index (χ0v) is 23.8. The van der Waals surface area contributed by atoms with Crippen molar-refractivity contribution in [3.63, 3.8) is 0 Å². The van der Waals surface area contributed by atoms with Gasteiger partial charge < -0.3 is 42.0 Å². The summed E-state index contributed by atoms with van der Waals surface area (Å²) in [4.78, 5) is 54.6. The van der Waals surface area contributed by atoms with E-state index in [2.05, 4.69) is 20.9 Å². The normalized spacial score (nSPS) is 14.9. The Kier molecular flexibility index (Phi) is 11.1. The monoisotopic (exact) mass is 581 g/mol. The van der Waals surface area contributed by atoms with Gasteiger partial charge in [0.25, 0.3) is 0 Å². The Morgan fingerprint density at radius 3 is 2.12 bits per heavy atom. The Hall–Kier alpha value is -4.42. The zero-order valence-electron chi connectivity index (χ0n) is 23.8. The number of aliphatic hydroxyl groups is 1. The van der Waals surface area contributed by atoms with Gasteiger partial charge in [-0.1, -0.05) is 44.2 Å². The Morgan fingerprint density at radius 2 is 1.50 bits per heavy atom. The van der Waals surface area contributed by atoms with Crippen LogP contribution in [0, 0.1) is 5.92 Å². The van der Waals surface area contributed by atoms with Crippen LogP contribution in [0.15, 0.2) is 54.7 Å². The molecule has 5 atom stereocenters. The first-order valence-electron chi connectivity index (χ1n) is 13.8. The first kappa shape index (κ1) is 32.1. The molecule has 1 aromatic heterocycles. The summed E-state index contributed by atoms with van der Waals surface area (Å²) >= 11 is 0. The number of H-pyrrole nitrogens is 1. The van der Waals surface area contributed by atoms with E-state index in [1.54, 1.807) is 6.20 Å². The molecular formula is C30H39N5O7. The molecule has 0 fully saturated rings. The van der Waals surface area contributed by atoms with Gasteiger partial charge in [0.2, 0.25) is 17.7 Å². The molecule has 42 heavy (non-hydrogen) atoms. The fraction of sp³-hybridized carbons (Fsp3) is 0.400. The van der Waals surface area contributed by atoms with Gasteiger partial charge in [-0.05, 0) is 48.6 Å². The maximum absolute atomic E-state index is 13.5. The number of hydrogen-bond acceptors (Lipinski definition) is 7. The van der Waals surface area contributed by atoms with Crippen LogP contribution in [-0.2, 0) is 32.0 Å². The fourth-order valence-corrected chi connectivity index (χ4v) is 4.61. The van der Waals surface area contributed by atoms with Gasteiger partial charge >= 0.3 is 5.97 Å². The number of aliphatic carboxylic acids is 1. The number of benzene rings is 2. The predicted octanol–water partition coefficient (Wildman–Crippen LogP) is 0.952. The van der Waals surface area contributed by atoms with Crippen molar-refractivity contribution in [2.24, 2.45) is 11.7 Å². The molecule has 0 radical (unpaired) electrons. The molecule has 2 aromatic carbocycles. The molecule has 0 saturated carbocycles. The van der Waals surface area contributed by atoms with Gasteiger partial charge in [0.15, 0.2) is 0 Å². The Balaban J connectivity index is 1.80. The van der Waals surface area contributed by atoms with Crippen LogP contribution in [0.4, 0.5) is 0 Å². The summed E-state index contributed by atoms with van der Waals surface area (Å²) in [6.45, 7) is 5.12. The number of aromatic hydroxyl groups is 1. The van der Waals surface area contributed by atoms with E-state index in [0.717, 1.165) is 16.5 Å². The topological polar surface area (TPSA) is 207 Å². The third kappa shape index (κ3) is 8.79. The fourth-order valence-electron chi connectivity index (χ4n) is 4.61. The lowest BCUT2D eigenvalue weighted by Gasteiger charge is -2.27. The molecular weight excluding hydrogens is 542 g/mol. The second-order valence-corrected chi connectivity index (χ2v) is 10.9. The van der Waals surface area contributed by atoms with Crippen molar-refractivity contribution in [1.29, 1.82) is 0 Å². The van der Waals surface area contributed by atoms with Crippen LogP contribution < -0.4 is 21.7 Å². The van der Waals surface area contributed by atoms with Crippen molar-refractivity contribution >= 4 is 34.6 Å². The molecule has 3 amide bonds. The second-order valence-electron chi connectivity index (χ2n) is 10.9. The minimum absolute atomic E-state index is 0.00554. The third-order valence-electron chi connectivity index (χ3n) is 6.85. The van der Waals surface area contributed by atoms with Crippen LogP contribution in [0.1, 0.15) is 38.3 Å². The predicted molar refractivity (Wildman–Crippen MR) is 156 cm³/mol. The first-order valence-corrected chi connectivity index (χ1v) is 13.8. The van der Waals surface area contributed by atoms with E-state index in [1.807, 2.05) is 38.1 Å². The van der Waals surface area contributed by atoms with Crippen molar-refractivity contribution in [3.05, 3.63) is 65.9 Å². The number of aromatic amines is 1. The average molecular weight is 582 g/mol. The highest BCUT2D eigenvalue weighted by Gasteiger charge is 2.33. The molecule has 226 valence electrons. The number of phenols is 1. The van der Waals surface area contributed by atoms with Crippen LogP contribution >= 0.6 is 0 Å². The lowest BCUT2D eigenvalue weighted by atomic mass is 10.0. The molecule has 0 aliphatic carbocycles. The molecule has 1 heterocycles. The number of nitrogens with one attached hydrogen (secondary N) is 4. The lowest BCUT2D eigenvalue weighted by Crippen LogP contribution is -2.60. The number of aromatic nitrogens is 1. The van der Waals surface area contributed by atoms with Crippen LogP contribution in [-0.4, -0.2) is 74.3 Å². The molecule has 5 unspecified atom stereocenters. The van der Waals surface area contributed by atoms with Gasteiger partial charge in [-0.2, -0.15) is 0 Å². The number of carboxylic acids is 1. The molecule has 0 spiro atoms. The number of phenolic OH excluding ortho intramolecular Hbond substituents is 1. The van der Waals surface area contributed by atoms with Crippen LogP contribution in [0.3, 0.4) is 0 Å². The number of nitrogens with two attached hydrogens (primary N) is 1. The van der Waals surface area contributed by atoms with Crippen molar-refractivity contribution in [3.8, 4) is 5.75 Å². The summed E-state index contributed by atoms with van der Waals surface area (Å²) in [5.74, 6) is -3.39. The number of carbonyl (C=O) groups is 4. The Labute approximate surface area is 243 Å². The molecule has 0 aliphatic heterocycles. The van der Waals surface area contributed by atoms with Crippen molar-refractivity contribution in [2.75, 3.05) is 0 Å². The summed E-state index contributed by atoms with van der Waals surface area (Å²) in [6.07, 6.45) is 0.677. The van der Waals surface area contributed by atoms with Crippen LogP contribution in [0.2, 0.25) is 0 Å². The van der Waals surface area contributed by atoms with Gasteiger partial charge in [-0.15, -0.1) is 0 Å². The maximum atomic E-state index is 13.5. The van der Waals surface area contributed by atoms with E-state index in [0.29, 0.717) is 12.0 Å². The first-order chi connectivity index (χ1) is 19.8. The van der Waals surface area contributed by atoms with E-state index in [9.17, 15) is 34.5 Å². The van der Waals surface area contributed by atoms with Gasteiger partial charge in [0, 0.05) is 29.9 Å². The minimum atomic E-state index is -1.52. The smallest absolute Gasteiger partial charge is 0.326 e. The van der Waals surface area contributed by atoms with Gasteiger partial charge in [-0.25, -0.2) is 4.79 Å². The Bertz CT molecular complexity index is 1390. The third-order valence-corrected chi connectivity index (χ3v) is 6.85. The maximum Gasteiger partial charge on any atom is 0.326 e. The molecule has 3 aromatic rings. The lowest BCUT2D eigenvalue weighted by molar-refractivity contribution is -0.143. The van der Waals surface area contributed by atoms with Crippen LogP contribution in [0.5, 0.6) is 5.75 Å². The Morgan fingerprint density at radius 1 is 0.857 bits per heavy atom. The number of fused-ring (bicyclic) bond motifs is 1. The number of amides is 3. The highest BCUT2D eigenvalue weighted by molar-refractivity contribution is 5.95. The number of carboxylic acid groups (broad SMARTS) is 1. The van der Waals surface area contributed by atoms with E-state index >= 15 is 0 Å². The van der Waals surface area contributed by atoms with E-state index in [1.165, 1.54) is 31.2 Å². The highest BCUT2D eigenvalue weighted by atomic mass is 16.4. The molecule has 0 saturated heterocycles. The summed E-state index contributed by atoms with van der Waals surface area (Å²) < 4.78 is 0. The summed E-state index contributed by atoms with van der Waals surface area (Å²) in [6, 6.07) is 8.35. The number of aliphatic hydroxyl groups excluding tert-OH is 1. The van der Waals surface area contributed by atoms with Gasteiger partial charge in [0.1, 0.15) is 23.9 Å². The SMILES string of the molecule is CC(C)CC(N)C(=O)NC(Cc1c[nH]c2ccccc12)C(=O)NC(C(=O)NC(Cc1ccc(O)cc1)C(=O)O)C(C)O. The highest BCUT2D eigenvalue weighted by Crippen LogP contribution is 2.19. The van der Waals surface area contributed by atoms with Crippen LogP contribution in [0.25, 0.3) is 10.9 Å². The van der Waals surface area contributed by atoms with Crippen molar-refractivity contribution < 1.29 is 34.5 Å². The number of carbonyl (C=O) groups excluding carboxylic acids is 3. The van der Waals surface area contributed by atoms with Crippen molar-refractivity contribution in [2.45, 2.75) is 70.3 Å². The van der Waals surface area contributed by atoms with Gasteiger partial charge in [0.05, 0.1) is 12.1 Å². The van der Waals surface area contributed by atoms with E-state index in [4.69, 9.17) is 5.73 Å². The number of rotatable bonds is 14. The minimum Gasteiger partial charge on any atom is -0.508 e. The summed E-state index contributed by atoms with van der Waals surface area (Å²) in [5.41, 5.74) is 8.17. The molecule has 12 nitrogen and oxygen atoms in total. The van der Waals surface area contributed by atoms with Crippen molar-refractivity contribution in [1.82, 2.24) is 20.9 Å². The number of para-hydroxylation sites is 1.